The molecule has 4 heteroatoms. The van der Waals surface area contributed by atoms with Gasteiger partial charge in [0, 0.05) is 25.4 Å². The molecule has 2 aromatic rings. The van der Waals surface area contributed by atoms with Crippen molar-refractivity contribution in [2.24, 2.45) is 12.8 Å². The molecule has 0 aromatic carbocycles. The average molecular weight is 176 g/mol. The van der Waals surface area contributed by atoms with Gasteiger partial charge in [0.05, 0.1) is 11.9 Å². The zero-order valence-electron chi connectivity index (χ0n) is 7.78. The van der Waals surface area contributed by atoms with Crippen molar-refractivity contribution in [1.29, 1.82) is 0 Å². The van der Waals surface area contributed by atoms with Gasteiger partial charge in [-0.3, -0.25) is 0 Å². The van der Waals surface area contributed by atoms with E-state index in [1.165, 1.54) is 0 Å². The Bertz CT molecular complexity index is 444. The highest BCUT2D eigenvalue weighted by Crippen LogP contribution is 2.15. The first-order valence-electron chi connectivity index (χ1n) is 4.20. The monoisotopic (exact) mass is 176 g/mol. The molecule has 4 nitrogen and oxygen atoms in total. The minimum atomic E-state index is 0.509. The molecule has 2 aromatic heterocycles. The van der Waals surface area contributed by atoms with Gasteiger partial charge >= 0.3 is 0 Å². The summed E-state index contributed by atoms with van der Waals surface area (Å²) in [6.07, 6.45) is 3.74. The summed E-state index contributed by atoms with van der Waals surface area (Å²) in [4.78, 5) is 8.70. The van der Waals surface area contributed by atoms with Gasteiger partial charge in [0.15, 0.2) is 5.65 Å². The van der Waals surface area contributed by atoms with Crippen molar-refractivity contribution in [1.82, 2.24) is 14.5 Å². The smallest absolute Gasteiger partial charge is 0.158 e. The maximum atomic E-state index is 5.60. The second kappa shape index (κ2) is 2.81. The molecule has 0 saturated carbocycles. The lowest BCUT2D eigenvalue weighted by Crippen LogP contribution is -1.96. The molecule has 68 valence electrons. The lowest BCUT2D eigenvalue weighted by Gasteiger charge is -1.95. The van der Waals surface area contributed by atoms with Crippen LogP contribution in [0.2, 0.25) is 0 Å². The number of nitrogens with zero attached hydrogens (tertiary/aromatic N) is 3. The van der Waals surface area contributed by atoms with Crippen LogP contribution in [0.5, 0.6) is 0 Å². The summed E-state index contributed by atoms with van der Waals surface area (Å²) < 4.78 is 1.95. The standard InChI is InChI=1S/C9H12N4/c1-6-4-11-9-8(12-6)7(3-10)5-13(9)2/h4-5H,3,10H2,1-2H3. The predicted octanol–water partition coefficient (Wildman–Crippen LogP) is 0.735. The Morgan fingerprint density at radius 2 is 2.31 bits per heavy atom. The first kappa shape index (κ1) is 8.19. The van der Waals surface area contributed by atoms with Crippen molar-refractivity contribution in [3.8, 4) is 0 Å². The van der Waals surface area contributed by atoms with Crippen LogP contribution in [0.1, 0.15) is 11.3 Å². The molecule has 13 heavy (non-hydrogen) atoms. The molecule has 2 N–H and O–H groups in total. The van der Waals surface area contributed by atoms with Crippen LogP contribution in [0.15, 0.2) is 12.4 Å². The van der Waals surface area contributed by atoms with Crippen LogP contribution in [0, 0.1) is 6.92 Å². The summed E-state index contributed by atoms with van der Waals surface area (Å²) >= 11 is 0. The van der Waals surface area contributed by atoms with E-state index < -0.39 is 0 Å². The molecule has 0 aliphatic rings. The van der Waals surface area contributed by atoms with E-state index in [9.17, 15) is 0 Å². The molecule has 2 heterocycles. The number of rotatable bonds is 1. The highest BCUT2D eigenvalue weighted by atomic mass is 15.0. The SMILES string of the molecule is Cc1cnc2c(n1)c(CN)cn2C. The van der Waals surface area contributed by atoms with Gasteiger partial charge in [-0.2, -0.15) is 0 Å². The van der Waals surface area contributed by atoms with E-state index in [1.54, 1.807) is 6.20 Å². The highest BCUT2D eigenvalue weighted by Gasteiger charge is 2.07. The summed E-state index contributed by atoms with van der Waals surface area (Å²) in [5.41, 5.74) is 9.39. The van der Waals surface area contributed by atoms with Gasteiger partial charge in [-0.25, -0.2) is 9.97 Å². The summed E-state index contributed by atoms with van der Waals surface area (Å²) in [7, 11) is 1.95. The summed E-state index contributed by atoms with van der Waals surface area (Å²) in [5.74, 6) is 0. The van der Waals surface area contributed by atoms with Gasteiger partial charge in [-0.1, -0.05) is 0 Å². The average Bonchev–Trinajstić information content (AvgIpc) is 2.42. The normalized spacial score (nSPS) is 11.0. The van der Waals surface area contributed by atoms with E-state index in [4.69, 9.17) is 5.73 Å². The highest BCUT2D eigenvalue weighted by molar-refractivity contribution is 5.75. The van der Waals surface area contributed by atoms with E-state index in [2.05, 4.69) is 9.97 Å². The number of hydrogen-bond acceptors (Lipinski definition) is 3. The van der Waals surface area contributed by atoms with Gasteiger partial charge in [-0.15, -0.1) is 0 Å². The summed E-state index contributed by atoms with van der Waals surface area (Å²) in [6, 6.07) is 0. The molecule has 0 saturated heterocycles. The Kier molecular flexibility index (Phi) is 1.77. The fraction of sp³-hybridized carbons (Fsp3) is 0.333. The molecule has 0 amide bonds. The van der Waals surface area contributed by atoms with Crippen LogP contribution in [0.4, 0.5) is 0 Å². The van der Waals surface area contributed by atoms with Crippen molar-refractivity contribution < 1.29 is 0 Å². The van der Waals surface area contributed by atoms with Crippen LogP contribution in [0.3, 0.4) is 0 Å². The van der Waals surface area contributed by atoms with Crippen LogP contribution < -0.4 is 5.73 Å². The molecule has 0 unspecified atom stereocenters. The first-order chi connectivity index (χ1) is 6.22. The third-order valence-corrected chi connectivity index (χ3v) is 2.08. The van der Waals surface area contributed by atoms with Crippen molar-refractivity contribution >= 4 is 11.2 Å². The maximum Gasteiger partial charge on any atom is 0.158 e. The molecule has 0 bridgehead atoms. The van der Waals surface area contributed by atoms with E-state index in [-0.39, 0.29) is 0 Å². The number of fused-ring (bicyclic) bond motifs is 1. The van der Waals surface area contributed by atoms with E-state index in [0.29, 0.717) is 6.54 Å². The second-order valence-corrected chi connectivity index (χ2v) is 3.15. The van der Waals surface area contributed by atoms with E-state index in [0.717, 1.165) is 22.4 Å². The second-order valence-electron chi connectivity index (χ2n) is 3.15. The van der Waals surface area contributed by atoms with Crippen molar-refractivity contribution in [3.05, 3.63) is 23.7 Å². The fourth-order valence-electron chi connectivity index (χ4n) is 1.45. The topological polar surface area (TPSA) is 56.7 Å². The van der Waals surface area contributed by atoms with Gasteiger partial charge in [0.2, 0.25) is 0 Å². The third-order valence-electron chi connectivity index (χ3n) is 2.08. The Morgan fingerprint density at radius 1 is 1.54 bits per heavy atom. The van der Waals surface area contributed by atoms with Crippen LogP contribution >= 0.6 is 0 Å². The first-order valence-corrected chi connectivity index (χ1v) is 4.20. The van der Waals surface area contributed by atoms with Crippen molar-refractivity contribution in [3.63, 3.8) is 0 Å². The summed E-state index contributed by atoms with van der Waals surface area (Å²) in [6.45, 7) is 2.44. The molecule has 0 aliphatic carbocycles. The van der Waals surface area contributed by atoms with Gasteiger partial charge in [0.1, 0.15) is 5.52 Å². The number of aromatic nitrogens is 3. The number of aryl methyl sites for hydroxylation is 2. The zero-order valence-corrected chi connectivity index (χ0v) is 7.78. The molecular weight excluding hydrogens is 164 g/mol. The fourth-order valence-corrected chi connectivity index (χ4v) is 1.45. The Labute approximate surface area is 76.4 Å². The number of nitrogens with two attached hydrogens (primary N) is 1. The molecule has 0 aliphatic heterocycles. The van der Waals surface area contributed by atoms with E-state index >= 15 is 0 Å². The van der Waals surface area contributed by atoms with Crippen LogP contribution in [0.25, 0.3) is 11.2 Å². The minimum absolute atomic E-state index is 0.509. The van der Waals surface area contributed by atoms with Gasteiger partial charge < -0.3 is 10.3 Å². The van der Waals surface area contributed by atoms with Crippen LogP contribution in [-0.4, -0.2) is 14.5 Å². The molecule has 0 fully saturated rings. The minimum Gasteiger partial charge on any atom is -0.334 e. The lowest BCUT2D eigenvalue weighted by molar-refractivity contribution is 0.931. The lowest BCUT2D eigenvalue weighted by atomic mass is 10.3. The third kappa shape index (κ3) is 1.19. The van der Waals surface area contributed by atoms with Crippen LogP contribution in [-0.2, 0) is 13.6 Å². The Morgan fingerprint density at radius 3 is 3.00 bits per heavy atom. The number of hydrogen-bond donors (Lipinski definition) is 1. The van der Waals surface area contributed by atoms with Gasteiger partial charge in [0.25, 0.3) is 0 Å². The summed E-state index contributed by atoms with van der Waals surface area (Å²) in [5, 5.41) is 0. The predicted molar refractivity (Wildman–Crippen MR) is 51.1 cm³/mol. The molecule has 0 atom stereocenters. The Hall–Kier alpha value is -1.42. The zero-order chi connectivity index (χ0) is 9.42. The molecule has 0 spiro atoms. The van der Waals surface area contributed by atoms with Crippen molar-refractivity contribution in [2.75, 3.05) is 0 Å². The van der Waals surface area contributed by atoms with E-state index in [1.807, 2.05) is 24.7 Å². The largest absolute Gasteiger partial charge is 0.334 e. The quantitative estimate of drug-likeness (QED) is 0.697. The molecular formula is C9H12N4. The molecule has 2 rings (SSSR count). The maximum absolute atomic E-state index is 5.60. The Balaban J connectivity index is 2.81. The van der Waals surface area contributed by atoms with Crippen molar-refractivity contribution in [2.45, 2.75) is 13.5 Å². The van der Waals surface area contributed by atoms with Gasteiger partial charge in [-0.05, 0) is 6.92 Å². The molecule has 0 radical (unpaired) electrons.